The highest BCUT2D eigenvalue weighted by molar-refractivity contribution is 5.66. The van der Waals surface area contributed by atoms with Crippen LogP contribution in [0.4, 0.5) is 0 Å². The highest BCUT2D eigenvalue weighted by Gasteiger charge is 2.29. The molecule has 0 aromatic carbocycles. The zero-order valence-electron chi connectivity index (χ0n) is 9.48. The molecule has 1 aromatic heterocycles. The van der Waals surface area contributed by atoms with Gasteiger partial charge in [-0.3, -0.25) is 9.69 Å². The molecule has 0 unspecified atom stereocenters. The van der Waals surface area contributed by atoms with Crippen molar-refractivity contribution in [3.05, 3.63) is 23.7 Å². The molecule has 0 spiro atoms. The Hall–Kier alpha value is -1.29. The Bertz CT molecular complexity index is 368. The molecule has 4 nitrogen and oxygen atoms in total. The number of furan rings is 1. The molecule has 1 heterocycles. The number of aryl methyl sites for hydroxylation is 1. The van der Waals surface area contributed by atoms with Crippen LogP contribution in [0.5, 0.6) is 0 Å². The summed E-state index contributed by atoms with van der Waals surface area (Å²) in [7, 11) is 0. The van der Waals surface area contributed by atoms with E-state index in [2.05, 4.69) is 4.90 Å². The molecule has 0 saturated heterocycles. The molecule has 0 radical (unpaired) electrons. The van der Waals surface area contributed by atoms with Crippen LogP contribution in [0.25, 0.3) is 0 Å². The summed E-state index contributed by atoms with van der Waals surface area (Å²) in [4.78, 5) is 12.8. The second-order valence-corrected chi connectivity index (χ2v) is 4.36. The second-order valence-electron chi connectivity index (χ2n) is 4.36. The molecule has 0 bridgehead atoms. The van der Waals surface area contributed by atoms with Crippen molar-refractivity contribution in [1.29, 1.82) is 0 Å². The van der Waals surface area contributed by atoms with Crippen molar-refractivity contribution in [2.75, 3.05) is 6.54 Å². The highest BCUT2D eigenvalue weighted by Crippen LogP contribution is 2.28. The molecule has 1 N–H and O–H groups in total. The van der Waals surface area contributed by atoms with Gasteiger partial charge in [0, 0.05) is 12.6 Å². The van der Waals surface area contributed by atoms with Gasteiger partial charge in [-0.2, -0.15) is 0 Å². The molecule has 1 saturated carbocycles. The average Bonchev–Trinajstić information content (AvgIpc) is 2.98. The molecule has 4 heteroatoms. The van der Waals surface area contributed by atoms with E-state index >= 15 is 0 Å². The van der Waals surface area contributed by atoms with Crippen LogP contribution in [0, 0.1) is 6.92 Å². The fourth-order valence-corrected chi connectivity index (χ4v) is 1.84. The molecule has 2 rings (SSSR count). The summed E-state index contributed by atoms with van der Waals surface area (Å²) >= 11 is 0. The van der Waals surface area contributed by atoms with E-state index in [1.807, 2.05) is 19.1 Å². The van der Waals surface area contributed by atoms with Gasteiger partial charge < -0.3 is 9.52 Å². The minimum absolute atomic E-state index is 0.205. The van der Waals surface area contributed by atoms with Crippen molar-refractivity contribution in [3.8, 4) is 0 Å². The summed E-state index contributed by atoms with van der Waals surface area (Å²) < 4.78 is 5.51. The fraction of sp³-hybridized carbons (Fsp3) is 0.583. The summed E-state index contributed by atoms with van der Waals surface area (Å²) in [6.07, 6.45) is 2.56. The maximum Gasteiger partial charge on any atom is 0.304 e. The minimum atomic E-state index is -0.735. The lowest BCUT2D eigenvalue weighted by Gasteiger charge is -2.19. The van der Waals surface area contributed by atoms with Gasteiger partial charge in [0.1, 0.15) is 11.5 Å². The molecule has 1 aliphatic rings. The van der Waals surface area contributed by atoms with Gasteiger partial charge in [-0.05, 0) is 31.9 Å². The number of nitrogens with zero attached hydrogens (tertiary/aromatic N) is 1. The van der Waals surface area contributed by atoms with Crippen molar-refractivity contribution in [2.24, 2.45) is 0 Å². The number of hydrogen-bond donors (Lipinski definition) is 1. The Balaban J connectivity index is 1.89. The number of carboxylic acids is 1. The first-order valence-electron chi connectivity index (χ1n) is 5.66. The van der Waals surface area contributed by atoms with Gasteiger partial charge in [-0.25, -0.2) is 0 Å². The summed E-state index contributed by atoms with van der Waals surface area (Å²) in [6, 6.07) is 4.47. The van der Waals surface area contributed by atoms with Crippen LogP contribution in [0.2, 0.25) is 0 Å². The zero-order chi connectivity index (χ0) is 11.5. The number of hydrogen-bond acceptors (Lipinski definition) is 3. The van der Waals surface area contributed by atoms with Gasteiger partial charge in [0.05, 0.1) is 13.0 Å². The van der Waals surface area contributed by atoms with Crippen LogP contribution in [0.1, 0.15) is 30.8 Å². The Kier molecular flexibility index (Phi) is 3.29. The van der Waals surface area contributed by atoms with Crippen LogP contribution >= 0.6 is 0 Å². The van der Waals surface area contributed by atoms with E-state index in [9.17, 15) is 4.79 Å². The number of carboxylic acid groups (broad SMARTS) is 1. The summed E-state index contributed by atoms with van der Waals surface area (Å²) in [5.74, 6) is 1.10. The Morgan fingerprint density at radius 1 is 1.56 bits per heavy atom. The van der Waals surface area contributed by atoms with Crippen molar-refractivity contribution in [3.63, 3.8) is 0 Å². The monoisotopic (exact) mass is 223 g/mol. The quantitative estimate of drug-likeness (QED) is 0.801. The maximum absolute atomic E-state index is 10.6. The largest absolute Gasteiger partial charge is 0.481 e. The molecule has 0 atom stereocenters. The molecule has 0 aliphatic heterocycles. The van der Waals surface area contributed by atoms with E-state index in [0.29, 0.717) is 12.6 Å². The van der Waals surface area contributed by atoms with E-state index in [-0.39, 0.29) is 6.42 Å². The van der Waals surface area contributed by atoms with Gasteiger partial charge in [0.2, 0.25) is 0 Å². The Morgan fingerprint density at radius 3 is 2.81 bits per heavy atom. The van der Waals surface area contributed by atoms with Crippen molar-refractivity contribution in [1.82, 2.24) is 4.90 Å². The van der Waals surface area contributed by atoms with E-state index in [4.69, 9.17) is 9.52 Å². The van der Waals surface area contributed by atoms with Gasteiger partial charge in [-0.1, -0.05) is 0 Å². The molecular formula is C12H17NO3. The lowest BCUT2D eigenvalue weighted by atomic mass is 10.3. The molecular weight excluding hydrogens is 206 g/mol. The van der Waals surface area contributed by atoms with Gasteiger partial charge in [0.15, 0.2) is 0 Å². The summed E-state index contributed by atoms with van der Waals surface area (Å²) in [5, 5.41) is 8.68. The Labute approximate surface area is 94.9 Å². The molecule has 0 amide bonds. The van der Waals surface area contributed by atoms with Crippen LogP contribution in [0.3, 0.4) is 0 Å². The maximum atomic E-state index is 10.6. The number of rotatable bonds is 6. The van der Waals surface area contributed by atoms with E-state index in [0.717, 1.165) is 18.1 Å². The standard InChI is InChI=1S/C12H17NO3/c1-9-2-5-11(16-9)8-13(10-3-4-10)7-6-12(14)15/h2,5,10H,3-4,6-8H2,1H3,(H,14,15). The van der Waals surface area contributed by atoms with Gasteiger partial charge in [-0.15, -0.1) is 0 Å². The van der Waals surface area contributed by atoms with Crippen LogP contribution in [-0.2, 0) is 11.3 Å². The zero-order valence-corrected chi connectivity index (χ0v) is 9.48. The third-order valence-electron chi connectivity index (χ3n) is 2.83. The van der Waals surface area contributed by atoms with Crippen molar-refractivity contribution in [2.45, 2.75) is 38.8 Å². The van der Waals surface area contributed by atoms with Crippen LogP contribution in [0.15, 0.2) is 16.5 Å². The van der Waals surface area contributed by atoms with Gasteiger partial charge in [0.25, 0.3) is 0 Å². The predicted molar refractivity (Wildman–Crippen MR) is 59.1 cm³/mol. The molecule has 88 valence electrons. The van der Waals surface area contributed by atoms with Crippen molar-refractivity contribution >= 4 is 5.97 Å². The highest BCUT2D eigenvalue weighted by atomic mass is 16.4. The summed E-state index contributed by atoms with van der Waals surface area (Å²) in [6.45, 7) is 3.26. The third kappa shape index (κ3) is 3.10. The minimum Gasteiger partial charge on any atom is -0.481 e. The first-order valence-corrected chi connectivity index (χ1v) is 5.66. The fourth-order valence-electron chi connectivity index (χ4n) is 1.84. The SMILES string of the molecule is Cc1ccc(CN(CCC(=O)O)C2CC2)o1. The topological polar surface area (TPSA) is 53.7 Å². The molecule has 16 heavy (non-hydrogen) atoms. The lowest BCUT2D eigenvalue weighted by molar-refractivity contribution is -0.137. The molecule has 1 aliphatic carbocycles. The van der Waals surface area contributed by atoms with E-state index < -0.39 is 5.97 Å². The lowest BCUT2D eigenvalue weighted by Crippen LogP contribution is -2.27. The van der Waals surface area contributed by atoms with E-state index in [1.54, 1.807) is 0 Å². The average molecular weight is 223 g/mol. The molecule has 1 fully saturated rings. The van der Waals surface area contributed by atoms with Gasteiger partial charge >= 0.3 is 5.97 Å². The van der Waals surface area contributed by atoms with E-state index in [1.165, 1.54) is 12.8 Å². The second kappa shape index (κ2) is 4.70. The first kappa shape index (κ1) is 11.2. The smallest absolute Gasteiger partial charge is 0.304 e. The third-order valence-corrected chi connectivity index (χ3v) is 2.83. The molecule has 1 aromatic rings. The first-order chi connectivity index (χ1) is 7.65. The summed E-state index contributed by atoms with van der Waals surface area (Å²) in [5.41, 5.74) is 0. The van der Waals surface area contributed by atoms with Crippen molar-refractivity contribution < 1.29 is 14.3 Å². The number of aliphatic carboxylic acids is 1. The number of carbonyl (C=O) groups is 1. The van der Waals surface area contributed by atoms with Crippen LogP contribution in [-0.4, -0.2) is 28.6 Å². The Morgan fingerprint density at radius 2 is 2.31 bits per heavy atom. The van der Waals surface area contributed by atoms with Crippen LogP contribution < -0.4 is 0 Å². The predicted octanol–water partition coefficient (Wildman–Crippen LogP) is 2.03. The normalized spacial score (nSPS) is 15.6.